The number of nitrogens with two attached hydrogens (primary N) is 1. The number of anilines is 1. The molecule has 14 nitrogen and oxygen atoms in total. The van der Waals surface area contributed by atoms with Crippen molar-refractivity contribution in [2.45, 2.75) is 29.9 Å². The van der Waals surface area contributed by atoms with Gasteiger partial charge in [-0.15, -0.1) is 16.3 Å². The first-order valence-corrected chi connectivity index (χ1v) is 14.3. The van der Waals surface area contributed by atoms with E-state index in [9.17, 15) is 23.9 Å². The summed E-state index contributed by atoms with van der Waals surface area (Å²) in [6.45, 7) is 1.55. The number of nitrogens with zero attached hydrogens (tertiary/aromatic N) is 7. The highest BCUT2D eigenvalue weighted by Crippen LogP contribution is 2.41. The molecule has 3 aromatic heterocycles. The summed E-state index contributed by atoms with van der Waals surface area (Å²) in [5.74, 6) is -2.72. The van der Waals surface area contributed by atoms with Crippen LogP contribution in [0.5, 0.6) is 0 Å². The summed E-state index contributed by atoms with van der Waals surface area (Å²) < 4.78 is 20.2. The molecule has 5 heterocycles. The third-order valence-electron chi connectivity index (χ3n) is 5.86. The monoisotopic (exact) mass is 606 g/mol. The second kappa shape index (κ2) is 11.6. The van der Waals surface area contributed by atoms with E-state index < -0.39 is 41.8 Å². The highest BCUT2D eigenvalue weighted by Gasteiger charge is 2.54. The number of thioether (sulfide) groups is 2. The van der Waals surface area contributed by atoms with Crippen LogP contribution in [0.3, 0.4) is 0 Å². The number of aryl methyl sites for hydroxylation is 1. The molecule has 3 aromatic rings. The number of aliphatic carboxylic acids is 1. The Morgan fingerprint density at radius 2 is 2.27 bits per heavy atom. The van der Waals surface area contributed by atoms with E-state index >= 15 is 0 Å². The first-order valence-electron chi connectivity index (χ1n) is 11.6. The van der Waals surface area contributed by atoms with E-state index in [1.165, 1.54) is 23.5 Å². The number of nitrogens with one attached hydrogen (secondary N) is 1. The number of aromatic nitrogens is 5. The summed E-state index contributed by atoms with van der Waals surface area (Å²) in [7, 11) is 0. The Balaban J connectivity index is 1.30. The maximum absolute atomic E-state index is 13.0. The van der Waals surface area contributed by atoms with Gasteiger partial charge >= 0.3 is 11.6 Å². The van der Waals surface area contributed by atoms with Crippen molar-refractivity contribution in [3.05, 3.63) is 53.1 Å². The van der Waals surface area contributed by atoms with Gasteiger partial charge in [-0.1, -0.05) is 22.0 Å². The normalized spacial score (nSPS) is 19.2. The van der Waals surface area contributed by atoms with Gasteiger partial charge in [-0.3, -0.25) is 14.5 Å². The molecule has 0 bridgehead atoms. The zero-order valence-corrected chi connectivity index (χ0v) is 23.1. The molecule has 208 valence electrons. The first kappa shape index (κ1) is 27.5. The standard InChI is InChI=1S/C22H20FN9O5S3/c1-2-30-6-7-31-13(30)4-3-12(27-31)38-8-5-11-9-39-20-15(19(34)32(20)16(11)21(35)36)25-18(33)14(28-37-10-23)17-26-22(24)40-29-17/h3-8,15,20H,2,9-10H2,1H3,(H3-,24,25,26,29,33,35,36)/p+1/b8-5+,28-14-/t15-,20-/m1/s1. The lowest BCUT2D eigenvalue weighted by Crippen LogP contribution is -2.71. The van der Waals surface area contributed by atoms with Gasteiger partial charge in [0.1, 0.15) is 28.3 Å². The van der Waals surface area contributed by atoms with Crippen LogP contribution in [0, 0.1) is 0 Å². The van der Waals surface area contributed by atoms with Crippen molar-refractivity contribution in [2.24, 2.45) is 5.16 Å². The summed E-state index contributed by atoms with van der Waals surface area (Å²) >= 11 is 3.39. The van der Waals surface area contributed by atoms with E-state index in [0.29, 0.717) is 10.6 Å². The predicted molar refractivity (Wildman–Crippen MR) is 144 cm³/mol. The molecule has 1 saturated heterocycles. The summed E-state index contributed by atoms with van der Waals surface area (Å²) in [6.07, 6.45) is 5.43. The molecule has 4 N–H and O–H groups in total. The number of hydrogen-bond donors (Lipinski definition) is 3. The number of imidazole rings is 1. The molecule has 2 aliphatic heterocycles. The predicted octanol–water partition coefficient (Wildman–Crippen LogP) is 0.768. The van der Waals surface area contributed by atoms with E-state index in [4.69, 9.17) is 5.73 Å². The van der Waals surface area contributed by atoms with Crippen molar-refractivity contribution >= 4 is 69.3 Å². The fourth-order valence-corrected chi connectivity index (χ4v) is 6.48. The second-order valence-electron chi connectivity index (χ2n) is 8.15. The van der Waals surface area contributed by atoms with Crippen LogP contribution in [0.25, 0.3) is 5.65 Å². The van der Waals surface area contributed by atoms with E-state index in [1.807, 2.05) is 36.0 Å². The quantitative estimate of drug-likeness (QED) is 0.0975. The minimum Gasteiger partial charge on any atom is -0.477 e. The fourth-order valence-electron chi connectivity index (χ4n) is 4.07. The number of carboxylic acids is 1. The lowest BCUT2D eigenvalue weighted by molar-refractivity contribution is -0.667. The highest BCUT2D eigenvalue weighted by atomic mass is 32.2. The van der Waals surface area contributed by atoms with Gasteiger partial charge in [0, 0.05) is 23.4 Å². The number of alkyl halides is 1. The SMILES string of the molecule is CC[n+]1ccn2nc(S/C=C/C3=C(C(=O)O)N4C(=O)[C@@H](NC(=O)/C(=N\OCF)c5nsc(N)n5)[C@H]4SC3)ccc21. The van der Waals surface area contributed by atoms with E-state index in [1.54, 1.807) is 16.0 Å². The van der Waals surface area contributed by atoms with Gasteiger partial charge < -0.3 is 21.0 Å². The molecule has 0 aromatic carbocycles. The number of hydrogen-bond acceptors (Lipinski definition) is 12. The number of amides is 2. The van der Waals surface area contributed by atoms with Gasteiger partial charge in [0.15, 0.2) is 11.3 Å². The Labute approximate surface area is 237 Å². The molecule has 40 heavy (non-hydrogen) atoms. The van der Waals surface area contributed by atoms with Crippen molar-refractivity contribution < 1.29 is 33.3 Å². The molecule has 0 spiro atoms. The lowest BCUT2D eigenvalue weighted by Gasteiger charge is -2.49. The van der Waals surface area contributed by atoms with Crippen LogP contribution in [0.4, 0.5) is 9.52 Å². The van der Waals surface area contributed by atoms with Gasteiger partial charge in [0.2, 0.25) is 11.5 Å². The molecule has 2 amide bonds. The Kier molecular flexibility index (Phi) is 7.99. The molecule has 5 rings (SSSR count). The molecular formula is C22H21FN9O5S3+. The van der Waals surface area contributed by atoms with Crippen LogP contribution >= 0.6 is 35.1 Å². The van der Waals surface area contributed by atoms with Crippen molar-refractivity contribution in [1.29, 1.82) is 0 Å². The van der Waals surface area contributed by atoms with Crippen molar-refractivity contribution in [1.82, 2.24) is 29.2 Å². The van der Waals surface area contributed by atoms with Crippen LogP contribution in [0.2, 0.25) is 0 Å². The summed E-state index contributed by atoms with van der Waals surface area (Å²) in [5, 5.41) is 22.1. The lowest BCUT2D eigenvalue weighted by atomic mass is 10.0. The topological polar surface area (TPSA) is 181 Å². The van der Waals surface area contributed by atoms with Crippen molar-refractivity contribution in [3.8, 4) is 0 Å². The molecular weight excluding hydrogens is 585 g/mol. The van der Waals surface area contributed by atoms with Gasteiger partial charge in [-0.25, -0.2) is 13.8 Å². The number of β-lactam (4-membered cyclic amide) rings is 1. The first-order chi connectivity index (χ1) is 19.3. The Morgan fingerprint density at radius 1 is 1.45 bits per heavy atom. The zero-order chi connectivity index (χ0) is 28.4. The number of allylic oxidation sites excluding steroid dienone is 1. The summed E-state index contributed by atoms with van der Waals surface area (Å²) in [6, 6.07) is 2.76. The van der Waals surface area contributed by atoms with Crippen LogP contribution in [-0.2, 0) is 25.8 Å². The van der Waals surface area contributed by atoms with Crippen LogP contribution in [-0.4, -0.2) is 76.5 Å². The second-order valence-corrected chi connectivity index (χ2v) is 11.0. The van der Waals surface area contributed by atoms with Gasteiger partial charge in [0.05, 0.1) is 6.54 Å². The third-order valence-corrected chi connectivity index (χ3v) is 8.43. The number of carbonyl (C=O) groups excluding carboxylic acids is 2. The van der Waals surface area contributed by atoms with Crippen LogP contribution in [0.1, 0.15) is 12.7 Å². The Hall–Kier alpha value is -4.03. The third kappa shape index (κ3) is 5.24. The van der Waals surface area contributed by atoms with Crippen molar-refractivity contribution in [2.75, 3.05) is 18.3 Å². The Bertz CT molecular complexity index is 1590. The largest absolute Gasteiger partial charge is 0.477 e. The smallest absolute Gasteiger partial charge is 0.352 e. The average molecular weight is 607 g/mol. The number of nitrogen functional groups attached to an aromatic ring is 1. The average Bonchev–Trinajstić information content (AvgIpc) is 3.56. The molecule has 1 fully saturated rings. The van der Waals surface area contributed by atoms with E-state index in [0.717, 1.165) is 28.6 Å². The van der Waals surface area contributed by atoms with Gasteiger partial charge in [-0.05, 0) is 30.0 Å². The van der Waals surface area contributed by atoms with E-state index in [2.05, 4.69) is 29.8 Å². The summed E-state index contributed by atoms with van der Waals surface area (Å²) in [5.41, 5.74) is 6.29. The van der Waals surface area contributed by atoms with E-state index in [-0.39, 0.29) is 22.4 Å². The molecule has 2 aliphatic rings. The van der Waals surface area contributed by atoms with Gasteiger partial charge in [0.25, 0.3) is 18.7 Å². The molecule has 0 aliphatic carbocycles. The number of rotatable bonds is 10. The number of carboxylic acid groups (broad SMARTS) is 1. The minimum absolute atomic E-state index is 0.0464. The van der Waals surface area contributed by atoms with Crippen LogP contribution in [0.15, 0.2) is 57.5 Å². The number of oxime groups is 1. The molecule has 2 atom stereocenters. The number of carbonyl (C=O) groups is 3. The summed E-state index contributed by atoms with van der Waals surface area (Å²) in [4.78, 5) is 47.3. The zero-order valence-electron chi connectivity index (χ0n) is 20.6. The Morgan fingerprint density at radius 3 is 2.98 bits per heavy atom. The fraction of sp³-hybridized carbons (Fsp3) is 0.273. The van der Waals surface area contributed by atoms with Crippen LogP contribution < -0.4 is 15.6 Å². The molecule has 0 unspecified atom stereocenters. The minimum atomic E-state index is -1.30. The molecule has 18 heteroatoms. The maximum atomic E-state index is 13.0. The van der Waals surface area contributed by atoms with Crippen molar-refractivity contribution in [3.63, 3.8) is 0 Å². The molecule has 0 radical (unpaired) electrons. The number of halogens is 1. The number of fused-ring (bicyclic) bond motifs is 2. The highest BCUT2D eigenvalue weighted by molar-refractivity contribution is 8.02. The molecule has 0 saturated carbocycles. The van der Waals surface area contributed by atoms with Gasteiger partial charge in [-0.2, -0.15) is 9.36 Å². The maximum Gasteiger partial charge on any atom is 0.352 e.